The summed E-state index contributed by atoms with van der Waals surface area (Å²) < 4.78 is 29.2. The van der Waals surface area contributed by atoms with E-state index >= 15 is 0 Å². The molecule has 0 fully saturated rings. The minimum absolute atomic E-state index is 0.183. The highest BCUT2D eigenvalue weighted by Gasteiger charge is 2.36. The van der Waals surface area contributed by atoms with E-state index < -0.39 is 19.3 Å². The molecule has 6 nitrogen and oxygen atoms in total. The van der Waals surface area contributed by atoms with Gasteiger partial charge in [0.05, 0.1) is 20.3 Å². The number of carbonyl (C=O) groups excluding carboxylic acids is 1. The Morgan fingerprint density at radius 1 is 1.25 bits per heavy atom. The van der Waals surface area contributed by atoms with E-state index in [0.717, 1.165) is 5.56 Å². The molecular formula is C17H28NO5P. The molecule has 1 aromatic rings. The summed E-state index contributed by atoms with van der Waals surface area (Å²) in [5, 5.41) is 2.72. The van der Waals surface area contributed by atoms with E-state index in [9.17, 15) is 9.36 Å². The molecule has 1 N–H and O–H groups in total. The van der Waals surface area contributed by atoms with Gasteiger partial charge in [0.15, 0.2) is 0 Å². The van der Waals surface area contributed by atoms with E-state index in [-0.39, 0.29) is 19.1 Å². The van der Waals surface area contributed by atoms with Gasteiger partial charge in [0.1, 0.15) is 12.4 Å². The lowest BCUT2D eigenvalue weighted by molar-refractivity contribution is -0.139. The van der Waals surface area contributed by atoms with Crippen LogP contribution in [0.5, 0.6) is 0 Å². The molecular weight excluding hydrogens is 329 g/mol. The quantitative estimate of drug-likeness (QED) is 0.482. The third-order valence-electron chi connectivity index (χ3n) is 3.33. The Bertz CT molecular complexity index is 535. The summed E-state index contributed by atoms with van der Waals surface area (Å²) in [6.07, 6.45) is 0.554. The number of ether oxygens (including phenoxy) is 2. The Morgan fingerprint density at radius 2 is 1.92 bits per heavy atom. The van der Waals surface area contributed by atoms with E-state index in [4.69, 9.17) is 9.26 Å². The SMILES string of the molecule is CCO[P@](=O)(NCC(=O)OC)[C@@H](CC(C)C)OCc1ccccc1. The second-order valence-corrected chi connectivity index (χ2v) is 8.15. The van der Waals surface area contributed by atoms with E-state index in [2.05, 4.69) is 9.82 Å². The molecule has 7 heteroatoms. The molecule has 1 rings (SSSR count). The second-order valence-electron chi connectivity index (χ2n) is 5.81. The van der Waals surface area contributed by atoms with Crippen molar-refractivity contribution in [3.05, 3.63) is 35.9 Å². The second kappa shape index (κ2) is 10.6. The predicted octanol–water partition coefficient (Wildman–Crippen LogP) is 3.57. The highest BCUT2D eigenvalue weighted by atomic mass is 31.2. The maximum Gasteiger partial charge on any atom is 0.320 e. The molecule has 0 saturated carbocycles. The maximum absolute atomic E-state index is 13.2. The van der Waals surface area contributed by atoms with Gasteiger partial charge in [-0.1, -0.05) is 44.2 Å². The van der Waals surface area contributed by atoms with Crippen LogP contribution in [0.4, 0.5) is 0 Å². The number of esters is 1. The van der Waals surface area contributed by atoms with Gasteiger partial charge in [0.2, 0.25) is 0 Å². The summed E-state index contributed by atoms with van der Waals surface area (Å²) in [4.78, 5) is 11.4. The van der Waals surface area contributed by atoms with Crippen molar-refractivity contribution in [1.29, 1.82) is 0 Å². The van der Waals surface area contributed by atoms with Crippen molar-refractivity contribution in [1.82, 2.24) is 5.09 Å². The molecule has 0 aliphatic heterocycles. The van der Waals surface area contributed by atoms with Gasteiger partial charge in [-0.2, -0.15) is 0 Å². The molecule has 1 aromatic carbocycles. The summed E-state index contributed by atoms with van der Waals surface area (Å²) >= 11 is 0. The molecule has 0 heterocycles. The van der Waals surface area contributed by atoms with Gasteiger partial charge in [-0.05, 0) is 24.8 Å². The van der Waals surface area contributed by atoms with Gasteiger partial charge in [0.25, 0.3) is 7.52 Å². The lowest BCUT2D eigenvalue weighted by Gasteiger charge is -2.28. The number of benzene rings is 1. The fourth-order valence-electron chi connectivity index (χ4n) is 2.14. The van der Waals surface area contributed by atoms with E-state index in [1.54, 1.807) is 6.92 Å². The van der Waals surface area contributed by atoms with Crippen LogP contribution in [0.3, 0.4) is 0 Å². The fourth-order valence-corrected chi connectivity index (χ4v) is 4.31. The van der Waals surface area contributed by atoms with E-state index in [1.165, 1.54) is 7.11 Å². The summed E-state index contributed by atoms with van der Waals surface area (Å²) in [7, 11) is -2.08. The Labute approximate surface area is 144 Å². The molecule has 0 aliphatic rings. The Hall–Kier alpha value is -1.20. The first-order valence-electron chi connectivity index (χ1n) is 8.13. The zero-order valence-corrected chi connectivity index (χ0v) is 15.8. The zero-order chi connectivity index (χ0) is 18.0. The summed E-state index contributed by atoms with van der Waals surface area (Å²) in [5.74, 6) is -0.872. The van der Waals surface area contributed by atoms with Crippen LogP contribution in [-0.2, 0) is 30.0 Å². The first kappa shape index (κ1) is 20.8. The lowest BCUT2D eigenvalue weighted by Crippen LogP contribution is -2.30. The molecule has 2 atom stereocenters. The van der Waals surface area contributed by atoms with Crippen molar-refractivity contribution < 1.29 is 23.4 Å². The van der Waals surface area contributed by atoms with Crippen LogP contribution < -0.4 is 5.09 Å². The van der Waals surface area contributed by atoms with Crippen LogP contribution in [0.1, 0.15) is 32.8 Å². The predicted molar refractivity (Wildman–Crippen MR) is 93.7 cm³/mol. The maximum atomic E-state index is 13.2. The lowest BCUT2D eigenvalue weighted by atomic mass is 10.1. The van der Waals surface area contributed by atoms with Gasteiger partial charge in [-0.15, -0.1) is 0 Å². The average Bonchev–Trinajstić information content (AvgIpc) is 2.57. The monoisotopic (exact) mass is 357 g/mol. The molecule has 0 amide bonds. The first-order valence-corrected chi connectivity index (χ1v) is 9.82. The number of hydrogen-bond donors (Lipinski definition) is 1. The van der Waals surface area contributed by atoms with Gasteiger partial charge < -0.3 is 14.0 Å². The molecule has 0 unspecified atom stereocenters. The number of rotatable bonds is 11. The minimum atomic E-state index is -3.36. The number of hydrogen-bond acceptors (Lipinski definition) is 5. The molecule has 0 saturated heterocycles. The largest absolute Gasteiger partial charge is 0.468 e. The van der Waals surface area contributed by atoms with Gasteiger partial charge in [-0.25, -0.2) is 5.09 Å². The molecule has 0 aliphatic carbocycles. The zero-order valence-electron chi connectivity index (χ0n) is 14.9. The van der Waals surface area contributed by atoms with E-state index in [1.807, 2.05) is 44.2 Å². The van der Waals surface area contributed by atoms with Crippen LogP contribution in [0.25, 0.3) is 0 Å². The van der Waals surface area contributed by atoms with Crippen molar-refractivity contribution in [2.45, 2.75) is 39.6 Å². The van der Waals surface area contributed by atoms with E-state index in [0.29, 0.717) is 13.0 Å². The smallest absolute Gasteiger partial charge is 0.320 e. The molecule has 0 aromatic heterocycles. The van der Waals surface area contributed by atoms with Crippen molar-refractivity contribution in [2.24, 2.45) is 5.92 Å². The highest BCUT2D eigenvalue weighted by molar-refractivity contribution is 7.57. The van der Waals surface area contributed by atoms with Gasteiger partial charge in [0, 0.05) is 0 Å². The van der Waals surface area contributed by atoms with Crippen LogP contribution in [-0.4, -0.2) is 32.1 Å². The summed E-state index contributed by atoms with van der Waals surface area (Å²) in [6, 6.07) is 9.67. The van der Waals surface area contributed by atoms with Crippen LogP contribution in [0.2, 0.25) is 0 Å². The van der Waals surface area contributed by atoms with Crippen molar-refractivity contribution >= 4 is 13.5 Å². The van der Waals surface area contributed by atoms with Crippen LogP contribution in [0.15, 0.2) is 30.3 Å². The first-order chi connectivity index (χ1) is 11.4. The molecule has 0 spiro atoms. The molecule has 0 bridgehead atoms. The third kappa shape index (κ3) is 7.14. The number of carbonyl (C=O) groups is 1. The Balaban J connectivity index is 2.86. The van der Waals surface area contributed by atoms with Crippen LogP contribution in [0, 0.1) is 5.92 Å². The number of nitrogens with one attached hydrogen (secondary N) is 1. The normalized spacial score (nSPS) is 15.0. The summed E-state index contributed by atoms with van der Waals surface area (Å²) in [6.45, 7) is 6.21. The topological polar surface area (TPSA) is 73.9 Å². The Kier molecular flexibility index (Phi) is 9.22. The van der Waals surface area contributed by atoms with Gasteiger partial charge in [-0.3, -0.25) is 9.36 Å². The standard InChI is InChI=1S/C17H28NO5P/c1-5-23-24(20,18-12-16(19)21-4)17(11-14(2)3)22-13-15-9-7-6-8-10-15/h6-10,14,17H,5,11-13H2,1-4H3,(H,18,20)/t17-,24-/m0/s1. The highest BCUT2D eigenvalue weighted by Crippen LogP contribution is 2.50. The third-order valence-corrected chi connectivity index (χ3v) is 5.69. The fraction of sp³-hybridized carbons (Fsp3) is 0.588. The van der Waals surface area contributed by atoms with Gasteiger partial charge >= 0.3 is 5.97 Å². The average molecular weight is 357 g/mol. The Morgan fingerprint density at radius 3 is 2.46 bits per heavy atom. The van der Waals surface area contributed by atoms with Crippen molar-refractivity contribution in [3.63, 3.8) is 0 Å². The number of methoxy groups -OCH3 is 1. The van der Waals surface area contributed by atoms with Crippen LogP contribution >= 0.6 is 7.52 Å². The molecule has 24 heavy (non-hydrogen) atoms. The molecule has 136 valence electrons. The minimum Gasteiger partial charge on any atom is -0.468 e. The molecule has 0 radical (unpaired) electrons. The van der Waals surface area contributed by atoms with Crippen molar-refractivity contribution in [3.8, 4) is 0 Å². The summed E-state index contributed by atoms with van der Waals surface area (Å²) in [5.41, 5.74) is 0.988. The van der Waals surface area contributed by atoms with Crippen molar-refractivity contribution in [2.75, 3.05) is 20.3 Å².